The van der Waals surface area contributed by atoms with Crippen molar-refractivity contribution in [3.05, 3.63) is 89.5 Å². The van der Waals surface area contributed by atoms with E-state index in [0.29, 0.717) is 17.7 Å². The number of carbonyl (C=O) groups excluding carboxylic acids is 4. The van der Waals surface area contributed by atoms with Gasteiger partial charge in [-0.25, -0.2) is 0 Å². The molecule has 47 heavy (non-hydrogen) atoms. The third-order valence-corrected chi connectivity index (χ3v) is 9.62. The van der Waals surface area contributed by atoms with Crippen LogP contribution in [0.15, 0.2) is 72.8 Å². The minimum atomic E-state index is -1.44. The van der Waals surface area contributed by atoms with Gasteiger partial charge in [0.05, 0.1) is 31.3 Å². The number of carbonyl (C=O) groups is 4. The summed E-state index contributed by atoms with van der Waals surface area (Å²) in [6.45, 7) is 3.59. The van der Waals surface area contributed by atoms with Crippen LogP contribution in [0.3, 0.4) is 0 Å². The minimum absolute atomic E-state index is 0.0663. The Morgan fingerprint density at radius 3 is 2.45 bits per heavy atom. The second kappa shape index (κ2) is 13.4. The maximum absolute atomic E-state index is 14.9. The highest BCUT2D eigenvalue weighted by Crippen LogP contribution is 2.56. The van der Waals surface area contributed by atoms with Crippen LogP contribution in [-0.2, 0) is 33.4 Å². The molecule has 3 amide bonds. The van der Waals surface area contributed by atoms with Gasteiger partial charge in [-0.3, -0.25) is 19.2 Å². The van der Waals surface area contributed by atoms with E-state index >= 15 is 0 Å². The molecule has 4 heterocycles. The average Bonchev–Trinajstić information content (AvgIpc) is 3.69. The molecule has 0 radical (unpaired) electrons. The number of likely N-dealkylation sites (tertiary alicyclic amines) is 1. The first-order valence-electron chi connectivity index (χ1n) is 16.1. The van der Waals surface area contributed by atoms with Crippen LogP contribution in [0, 0.1) is 25.7 Å². The molecule has 5 bridgehead atoms. The second-order valence-electron chi connectivity index (χ2n) is 12.6. The molecule has 2 saturated heterocycles. The highest BCUT2D eigenvalue weighted by Gasteiger charge is 2.73. The lowest BCUT2D eigenvalue weighted by Crippen LogP contribution is -2.56. The summed E-state index contributed by atoms with van der Waals surface area (Å²) in [5.41, 5.74) is 1.65. The number of amides is 3. The molecule has 4 aliphatic heterocycles. The molecule has 1 spiro atoms. The van der Waals surface area contributed by atoms with Crippen molar-refractivity contribution in [3.63, 3.8) is 0 Å². The number of nitrogens with zero attached hydrogens (tertiary/aromatic N) is 2. The van der Waals surface area contributed by atoms with E-state index in [1.165, 1.54) is 12.0 Å². The summed E-state index contributed by atoms with van der Waals surface area (Å²) in [5.74, 6) is -3.88. The van der Waals surface area contributed by atoms with E-state index in [1.54, 1.807) is 29.2 Å². The fourth-order valence-corrected chi connectivity index (χ4v) is 7.64. The van der Waals surface area contributed by atoms with Crippen LogP contribution in [0.4, 0.5) is 5.69 Å². The number of para-hydroxylation sites is 1. The van der Waals surface area contributed by atoms with E-state index in [0.717, 1.165) is 11.1 Å². The fourth-order valence-electron chi connectivity index (χ4n) is 7.64. The topological polar surface area (TPSA) is 135 Å². The van der Waals surface area contributed by atoms with Crippen molar-refractivity contribution in [2.24, 2.45) is 11.8 Å². The maximum Gasteiger partial charge on any atom is 0.313 e. The van der Waals surface area contributed by atoms with Crippen molar-refractivity contribution in [3.8, 4) is 0 Å². The number of anilines is 1. The number of ether oxygens (including phenoxy) is 3. The summed E-state index contributed by atoms with van der Waals surface area (Å²) in [5, 5.41) is 13.0. The predicted octanol–water partition coefficient (Wildman–Crippen LogP) is 2.55. The van der Waals surface area contributed by atoms with E-state index in [1.807, 2.05) is 62.4 Å². The first-order chi connectivity index (χ1) is 22.7. The zero-order chi connectivity index (χ0) is 33.3. The minimum Gasteiger partial charge on any atom is -0.455 e. The molecule has 248 valence electrons. The standard InChI is InChI=1S/C36H41N3O8/c1-22-11-10-12-23(2)30(22)38-18-9-5-8-15-27(41)37-25(21-45-3)31(24-13-6-4-7-14-24)46-35(44)28-26-16-17-36(47-26)29(28)33(42)39(19-20-40)32(36)34(38)43/h4-7,9-14,16-17,25-26,28-29,31-32,40H,8,15,18-21H2,1-3H3,(H,37,41)/b9-5-/t25-,26+,28-,29-,31-,32+,36-/m1/s1. The number of rotatable bonds is 6. The number of hydrogen-bond acceptors (Lipinski definition) is 8. The van der Waals surface area contributed by atoms with Crippen LogP contribution in [-0.4, -0.2) is 90.9 Å². The maximum atomic E-state index is 14.9. The highest BCUT2D eigenvalue weighted by molar-refractivity contribution is 6.06. The van der Waals surface area contributed by atoms with E-state index in [4.69, 9.17) is 14.2 Å². The Kier molecular flexibility index (Phi) is 9.32. The smallest absolute Gasteiger partial charge is 0.313 e. The second-order valence-corrected chi connectivity index (χ2v) is 12.6. The van der Waals surface area contributed by atoms with Crippen LogP contribution in [0.1, 0.15) is 35.6 Å². The van der Waals surface area contributed by atoms with E-state index in [-0.39, 0.29) is 44.5 Å². The molecule has 11 heteroatoms. The Morgan fingerprint density at radius 2 is 1.74 bits per heavy atom. The van der Waals surface area contributed by atoms with Gasteiger partial charge in [0.1, 0.15) is 23.7 Å². The molecular weight excluding hydrogens is 602 g/mol. The van der Waals surface area contributed by atoms with Gasteiger partial charge in [-0.15, -0.1) is 0 Å². The Balaban J connectivity index is 1.47. The lowest BCUT2D eigenvalue weighted by Gasteiger charge is -2.36. The van der Waals surface area contributed by atoms with Crippen molar-refractivity contribution < 1.29 is 38.5 Å². The first-order valence-corrected chi connectivity index (χ1v) is 16.1. The molecule has 2 fully saturated rings. The number of aliphatic hydroxyl groups is 1. The molecule has 0 unspecified atom stereocenters. The summed E-state index contributed by atoms with van der Waals surface area (Å²) >= 11 is 0. The van der Waals surface area contributed by atoms with Crippen LogP contribution >= 0.6 is 0 Å². The summed E-state index contributed by atoms with van der Waals surface area (Å²) in [7, 11) is 1.51. The number of hydrogen-bond donors (Lipinski definition) is 2. The van der Waals surface area contributed by atoms with Crippen molar-refractivity contribution in [2.45, 2.75) is 56.6 Å². The van der Waals surface area contributed by atoms with E-state index in [9.17, 15) is 24.3 Å². The zero-order valence-corrected chi connectivity index (χ0v) is 26.8. The van der Waals surface area contributed by atoms with Crippen LogP contribution in [0.5, 0.6) is 0 Å². The monoisotopic (exact) mass is 643 g/mol. The lowest BCUT2D eigenvalue weighted by molar-refractivity contribution is -0.162. The summed E-state index contributed by atoms with van der Waals surface area (Å²) in [6.07, 6.45) is 5.98. The number of aliphatic hydroxyl groups excluding tert-OH is 1. The molecule has 7 atom stereocenters. The van der Waals surface area contributed by atoms with Gasteiger partial charge in [-0.1, -0.05) is 72.8 Å². The van der Waals surface area contributed by atoms with Gasteiger partial charge in [0.15, 0.2) is 0 Å². The van der Waals surface area contributed by atoms with E-state index in [2.05, 4.69) is 5.32 Å². The van der Waals surface area contributed by atoms with Gasteiger partial charge in [-0.05, 0) is 37.0 Å². The Bertz CT molecular complexity index is 1570. The van der Waals surface area contributed by atoms with Crippen molar-refractivity contribution >= 4 is 29.4 Å². The van der Waals surface area contributed by atoms with E-state index < -0.39 is 53.6 Å². The molecule has 11 nitrogen and oxygen atoms in total. The van der Waals surface area contributed by atoms with Gasteiger partial charge in [0, 0.05) is 32.3 Å². The van der Waals surface area contributed by atoms with Gasteiger partial charge in [0.25, 0.3) is 5.91 Å². The number of benzene rings is 2. The van der Waals surface area contributed by atoms with Gasteiger partial charge in [-0.2, -0.15) is 0 Å². The zero-order valence-electron chi connectivity index (χ0n) is 26.8. The molecule has 0 aliphatic carbocycles. The number of aryl methyl sites for hydroxylation is 2. The third kappa shape index (κ3) is 5.77. The van der Waals surface area contributed by atoms with Gasteiger partial charge < -0.3 is 34.4 Å². The number of esters is 1. The largest absolute Gasteiger partial charge is 0.455 e. The molecule has 2 N–H and O–H groups in total. The Labute approximate surface area is 274 Å². The number of nitrogens with one attached hydrogen (secondary N) is 1. The normalized spacial score (nSPS) is 31.6. The Hall–Kier alpha value is -4.32. The first kappa shape index (κ1) is 32.6. The molecule has 4 aliphatic rings. The number of cyclic esters (lactones) is 1. The van der Waals surface area contributed by atoms with Crippen molar-refractivity contribution in [1.29, 1.82) is 0 Å². The van der Waals surface area contributed by atoms with Gasteiger partial charge >= 0.3 is 5.97 Å². The average molecular weight is 644 g/mol. The molecule has 0 aromatic heterocycles. The summed E-state index contributed by atoms with van der Waals surface area (Å²) in [4.78, 5) is 59.6. The third-order valence-electron chi connectivity index (χ3n) is 9.62. The lowest BCUT2D eigenvalue weighted by atomic mass is 9.74. The molecule has 2 aromatic carbocycles. The molecule has 6 rings (SSSR count). The predicted molar refractivity (Wildman–Crippen MR) is 172 cm³/mol. The quantitative estimate of drug-likeness (QED) is 0.363. The molecule has 0 saturated carbocycles. The van der Waals surface area contributed by atoms with Crippen LogP contribution in [0.25, 0.3) is 0 Å². The molecular formula is C36H41N3O8. The number of β-amino-alcohol motifs (C(OH)–C–C–N with tert-alkyl or cyclic N) is 1. The number of allylic oxidation sites excluding steroid dienone is 1. The van der Waals surface area contributed by atoms with Crippen LogP contribution in [0.2, 0.25) is 0 Å². The summed E-state index contributed by atoms with van der Waals surface area (Å²) < 4.78 is 18.2. The Morgan fingerprint density at radius 1 is 1.00 bits per heavy atom. The number of methoxy groups -OCH3 is 1. The number of fused-ring (bicyclic) bond motifs is 2. The SMILES string of the molecule is COC[C@H]1NC(=O)CC/C=C\CN(c2c(C)cccc2C)C(=O)[C@@H]2N(CCO)C(=O)[C@H]3[C@H](C(=O)O[C@@H]1c1ccccc1)[C@@H]1C=C[C@]23O1. The van der Waals surface area contributed by atoms with Gasteiger partial charge in [0.2, 0.25) is 11.8 Å². The van der Waals surface area contributed by atoms with Crippen molar-refractivity contribution in [2.75, 3.05) is 38.3 Å². The van der Waals surface area contributed by atoms with Crippen molar-refractivity contribution in [1.82, 2.24) is 10.2 Å². The molecule has 2 aromatic rings. The fraction of sp³-hybridized carbons (Fsp3) is 0.444. The highest BCUT2D eigenvalue weighted by atomic mass is 16.6. The summed E-state index contributed by atoms with van der Waals surface area (Å²) in [6, 6.07) is 13.0. The van der Waals surface area contributed by atoms with Crippen LogP contribution < -0.4 is 10.2 Å².